The molecule has 25 heavy (non-hydrogen) atoms. The summed E-state index contributed by atoms with van der Waals surface area (Å²) in [7, 11) is 3.47. The second-order valence-electron chi connectivity index (χ2n) is 6.24. The molecule has 2 aromatic carbocycles. The van der Waals surface area contributed by atoms with Gasteiger partial charge in [-0.2, -0.15) is 0 Å². The third kappa shape index (κ3) is 4.46. The Labute approximate surface area is 156 Å². The molecule has 5 heteroatoms. The largest absolute Gasteiger partial charge is 0.496 e. The monoisotopic (exact) mass is 362 g/mol. The number of ether oxygens (including phenoxy) is 2. The van der Waals surface area contributed by atoms with Crippen molar-refractivity contribution in [2.45, 2.75) is 19.5 Å². The maximum absolute atomic E-state index is 5.57. The van der Waals surface area contributed by atoms with Crippen LogP contribution in [0.2, 0.25) is 0 Å². The van der Waals surface area contributed by atoms with Crippen molar-refractivity contribution in [3.05, 3.63) is 59.2 Å². The van der Waals surface area contributed by atoms with Gasteiger partial charge in [0.25, 0.3) is 0 Å². The van der Waals surface area contributed by atoms with Gasteiger partial charge in [-0.05, 0) is 30.2 Å². The maximum Gasteiger partial charge on any atom is 0.123 e. The first-order chi connectivity index (χ1) is 11.7. The minimum atomic E-state index is 0. The molecule has 0 aromatic heterocycles. The van der Waals surface area contributed by atoms with E-state index in [1.165, 1.54) is 16.7 Å². The average Bonchev–Trinajstić information content (AvgIpc) is 2.63. The first-order valence-electron chi connectivity index (χ1n) is 8.44. The summed E-state index contributed by atoms with van der Waals surface area (Å²) in [5, 5.41) is 3.51. The van der Waals surface area contributed by atoms with Gasteiger partial charge >= 0.3 is 0 Å². The van der Waals surface area contributed by atoms with E-state index in [9.17, 15) is 0 Å². The van der Waals surface area contributed by atoms with E-state index >= 15 is 0 Å². The minimum absolute atomic E-state index is 0. The maximum atomic E-state index is 5.57. The lowest BCUT2D eigenvalue weighted by Gasteiger charge is -2.37. The first kappa shape index (κ1) is 19.6. The van der Waals surface area contributed by atoms with Crippen LogP contribution in [-0.2, 0) is 6.54 Å². The predicted molar refractivity (Wildman–Crippen MR) is 104 cm³/mol. The Kier molecular flexibility index (Phi) is 7.12. The summed E-state index contributed by atoms with van der Waals surface area (Å²) in [5.74, 6) is 1.91. The molecule has 1 heterocycles. The number of aryl methyl sites for hydroxylation is 1. The SMILES string of the molecule is COc1cc(CN2CCNCC2c2ccccc2OC)ccc1C.Cl. The molecule has 0 amide bonds. The quantitative estimate of drug-likeness (QED) is 0.881. The Morgan fingerprint density at radius 1 is 1.08 bits per heavy atom. The lowest BCUT2D eigenvalue weighted by atomic mass is 10.0. The fourth-order valence-corrected chi connectivity index (χ4v) is 3.38. The molecule has 2 aromatic rings. The molecule has 1 unspecified atom stereocenters. The molecule has 4 nitrogen and oxygen atoms in total. The van der Waals surface area contributed by atoms with Gasteiger partial charge in [0.15, 0.2) is 0 Å². The van der Waals surface area contributed by atoms with E-state index in [1.54, 1.807) is 14.2 Å². The third-order valence-electron chi connectivity index (χ3n) is 4.71. The van der Waals surface area contributed by atoms with E-state index in [1.807, 2.05) is 12.1 Å². The number of para-hydroxylation sites is 1. The highest BCUT2D eigenvalue weighted by Crippen LogP contribution is 2.31. The molecule has 3 rings (SSSR count). The minimum Gasteiger partial charge on any atom is -0.496 e. The van der Waals surface area contributed by atoms with Crippen LogP contribution < -0.4 is 14.8 Å². The van der Waals surface area contributed by atoms with Gasteiger partial charge in [-0.15, -0.1) is 12.4 Å². The van der Waals surface area contributed by atoms with Gasteiger partial charge in [0.2, 0.25) is 0 Å². The Morgan fingerprint density at radius 3 is 2.60 bits per heavy atom. The second-order valence-corrected chi connectivity index (χ2v) is 6.24. The van der Waals surface area contributed by atoms with Crippen LogP contribution in [0.3, 0.4) is 0 Å². The number of piperazine rings is 1. The number of nitrogens with one attached hydrogen (secondary N) is 1. The number of halogens is 1. The molecule has 0 saturated carbocycles. The number of hydrogen-bond donors (Lipinski definition) is 1. The number of hydrogen-bond acceptors (Lipinski definition) is 4. The zero-order chi connectivity index (χ0) is 16.9. The average molecular weight is 363 g/mol. The standard InChI is InChI=1S/C20H26N2O2.ClH/c1-15-8-9-16(12-20(15)24-3)14-22-11-10-21-13-18(22)17-6-4-5-7-19(17)23-2;/h4-9,12,18,21H,10-11,13-14H2,1-3H3;1H. The fraction of sp³-hybridized carbons (Fsp3) is 0.400. The van der Waals surface area contributed by atoms with E-state index in [-0.39, 0.29) is 12.4 Å². The molecule has 1 atom stereocenters. The van der Waals surface area contributed by atoms with Gasteiger partial charge in [0.1, 0.15) is 11.5 Å². The van der Waals surface area contributed by atoms with Crippen molar-refractivity contribution in [2.24, 2.45) is 0 Å². The normalized spacial score (nSPS) is 17.6. The van der Waals surface area contributed by atoms with Crippen LogP contribution >= 0.6 is 12.4 Å². The van der Waals surface area contributed by atoms with E-state index in [0.717, 1.165) is 37.7 Å². The zero-order valence-corrected chi connectivity index (χ0v) is 15.9. The van der Waals surface area contributed by atoms with Crippen LogP contribution in [0.15, 0.2) is 42.5 Å². The van der Waals surface area contributed by atoms with Gasteiger partial charge in [-0.3, -0.25) is 4.90 Å². The van der Waals surface area contributed by atoms with Gasteiger partial charge in [-0.1, -0.05) is 30.3 Å². The van der Waals surface area contributed by atoms with Crippen LogP contribution in [0.1, 0.15) is 22.7 Å². The summed E-state index contributed by atoms with van der Waals surface area (Å²) < 4.78 is 11.0. The lowest BCUT2D eigenvalue weighted by Crippen LogP contribution is -2.45. The van der Waals surface area contributed by atoms with Crippen molar-refractivity contribution in [3.8, 4) is 11.5 Å². The van der Waals surface area contributed by atoms with E-state index in [2.05, 4.69) is 47.5 Å². The Hall–Kier alpha value is -1.75. The van der Waals surface area contributed by atoms with Crippen LogP contribution in [0, 0.1) is 6.92 Å². The van der Waals surface area contributed by atoms with Crippen molar-refractivity contribution in [1.29, 1.82) is 0 Å². The number of rotatable bonds is 5. The number of benzene rings is 2. The topological polar surface area (TPSA) is 33.7 Å². The van der Waals surface area contributed by atoms with Gasteiger partial charge < -0.3 is 14.8 Å². The lowest BCUT2D eigenvalue weighted by molar-refractivity contribution is 0.151. The Balaban J connectivity index is 0.00000225. The predicted octanol–water partition coefficient (Wildman–Crippen LogP) is 3.58. The molecular weight excluding hydrogens is 336 g/mol. The molecule has 0 aliphatic carbocycles. The Morgan fingerprint density at radius 2 is 1.84 bits per heavy atom. The summed E-state index contributed by atoms with van der Waals surface area (Å²) in [4.78, 5) is 2.51. The van der Waals surface area contributed by atoms with Gasteiger partial charge in [0.05, 0.1) is 20.3 Å². The summed E-state index contributed by atoms with van der Waals surface area (Å²) in [5.41, 5.74) is 3.69. The van der Waals surface area contributed by atoms with E-state index < -0.39 is 0 Å². The van der Waals surface area contributed by atoms with Crippen LogP contribution in [0.25, 0.3) is 0 Å². The zero-order valence-electron chi connectivity index (χ0n) is 15.1. The molecule has 136 valence electrons. The molecule has 1 aliphatic rings. The Bertz CT molecular complexity index is 693. The fourth-order valence-electron chi connectivity index (χ4n) is 3.38. The van der Waals surface area contributed by atoms with E-state index in [0.29, 0.717) is 6.04 Å². The molecule has 1 N–H and O–H groups in total. The van der Waals surface area contributed by atoms with Crippen molar-refractivity contribution in [3.63, 3.8) is 0 Å². The molecular formula is C20H27ClN2O2. The van der Waals surface area contributed by atoms with Crippen molar-refractivity contribution in [1.82, 2.24) is 10.2 Å². The number of methoxy groups -OCH3 is 2. The van der Waals surface area contributed by atoms with Crippen molar-refractivity contribution < 1.29 is 9.47 Å². The molecule has 0 spiro atoms. The molecule has 0 bridgehead atoms. The highest BCUT2D eigenvalue weighted by molar-refractivity contribution is 5.85. The third-order valence-corrected chi connectivity index (χ3v) is 4.71. The van der Waals surface area contributed by atoms with Crippen LogP contribution in [0.5, 0.6) is 11.5 Å². The highest BCUT2D eigenvalue weighted by Gasteiger charge is 2.26. The summed E-state index contributed by atoms with van der Waals surface area (Å²) in [6.45, 7) is 5.93. The van der Waals surface area contributed by atoms with Crippen molar-refractivity contribution in [2.75, 3.05) is 33.9 Å². The van der Waals surface area contributed by atoms with Crippen LogP contribution in [0.4, 0.5) is 0 Å². The molecule has 1 fully saturated rings. The van der Waals surface area contributed by atoms with Crippen molar-refractivity contribution >= 4 is 12.4 Å². The molecule has 1 aliphatic heterocycles. The smallest absolute Gasteiger partial charge is 0.123 e. The second kappa shape index (κ2) is 9.09. The number of nitrogens with zero attached hydrogens (tertiary/aromatic N) is 1. The first-order valence-corrected chi connectivity index (χ1v) is 8.44. The van der Waals surface area contributed by atoms with E-state index in [4.69, 9.17) is 9.47 Å². The highest BCUT2D eigenvalue weighted by atomic mass is 35.5. The van der Waals surface area contributed by atoms with Gasteiger partial charge in [0, 0.05) is 31.7 Å². The summed E-state index contributed by atoms with van der Waals surface area (Å²) >= 11 is 0. The van der Waals surface area contributed by atoms with Crippen LogP contribution in [-0.4, -0.2) is 38.8 Å². The summed E-state index contributed by atoms with van der Waals surface area (Å²) in [6, 6.07) is 15.1. The molecule has 0 radical (unpaired) electrons. The summed E-state index contributed by atoms with van der Waals surface area (Å²) in [6.07, 6.45) is 0. The van der Waals surface area contributed by atoms with Gasteiger partial charge in [-0.25, -0.2) is 0 Å². The molecule has 1 saturated heterocycles.